The molecule has 0 radical (unpaired) electrons. The Kier molecular flexibility index (Phi) is 7.75. The van der Waals surface area contributed by atoms with E-state index in [-0.39, 0.29) is 23.9 Å². The highest BCUT2D eigenvalue weighted by molar-refractivity contribution is 5.85. The molecule has 6 nitrogen and oxygen atoms in total. The summed E-state index contributed by atoms with van der Waals surface area (Å²) in [5, 5.41) is 18.3. The molecule has 190 valence electrons. The van der Waals surface area contributed by atoms with E-state index >= 15 is 0 Å². The Morgan fingerprint density at radius 2 is 1.47 bits per heavy atom. The highest BCUT2D eigenvalue weighted by Crippen LogP contribution is 2.32. The van der Waals surface area contributed by atoms with Crippen LogP contribution in [0.5, 0.6) is 0 Å². The van der Waals surface area contributed by atoms with Crippen molar-refractivity contribution in [3.05, 3.63) is 112 Å². The third-order valence-electron chi connectivity index (χ3n) is 7.16. The summed E-state index contributed by atoms with van der Waals surface area (Å²) in [6.07, 6.45) is 5.48. The molecule has 1 fully saturated rings. The molecule has 1 saturated carbocycles. The second kappa shape index (κ2) is 11.7. The van der Waals surface area contributed by atoms with Gasteiger partial charge in [-0.2, -0.15) is 10.4 Å². The lowest BCUT2D eigenvalue weighted by atomic mass is 9.94. The second-order valence-corrected chi connectivity index (χ2v) is 9.74. The van der Waals surface area contributed by atoms with Gasteiger partial charge in [0.2, 0.25) is 5.91 Å². The molecular weight excluding hydrogens is 472 g/mol. The normalized spacial score (nSPS) is 14.4. The third-order valence-corrected chi connectivity index (χ3v) is 7.16. The molecule has 1 amide bonds. The van der Waals surface area contributed by atoms with Crippen molar-refractivity contribution in [3.63, 3.8) is 0 Å². The first-order chi connectivity index (χ1) is 18.7. The average Bonchev–Trinajstić information content (AvgIpc) is 2.98. The first kappa shape index (κ1) is 25.2. The van der Waals surface area contributed by atoms with Crippen molar-refractivity contribution in [2.24, 2.45) is 0 Å². The van der Waals surface area contributed by atoms with E-state index in [1.807, 2.05) is 91.0 Å². The van der Waals surface area contributed by atoms with Crippen LogP contribution in [0.15, 0.2) is 95.8 Å². The van der Waals surface area contributed by atoms with E-state index in [2.05, 4.69) is 11.4 Å². The van der Waals surface area contributed by atoms with Gasteiger partial charge >= 0.3 is 0 Å². The number of hydrogen-bond donors (Lipinski definition) is 1. The standard InChI is InChI=1S/C32H30N4O2/c33-22-27-29(24-15-7-2-8-16-24)30(25-17-9-3-10-18-25)35-36(32(27)38)28(21-23-13-5-1-6-14-23)31(37)34-26-19-11-4-12-20-26/h1-3,5-10,13-18,26,28H,4,11-12,19-21H2,(H,34,37). The Morgan fingerprint density at radius 3 is 2.08 bits per heavy atom. The Hall–Kier alpha value is -4.50. The fourth-order valence-corrected chi connectivity index (χ4v) is 5.21. The van der Waals surface area contributed by atoms with E-state index < -0.39 is 11.6 Å². The summed E-state index contributed by atoms with van der Waals surface area (Å²) in [6.45, 7) is 0. The summed E-state index contributed by atoms with van der Waals surface area (Å²) in [7, 11) is 0. The molecule has 1 unspecified atom stereocenters. The van der Waals surface area contributed by atoms with Crippen LogP contribution in [0.25, 0.3) is 22.4 Å². The zero-order valence-corrected chi connectivity index (χ0v) is 21.2. The van der Waals surface area contributed by atoms with Crippen molar-refractivity contribution in [1.29, 1.82) is 5.26 Å². The number of nitrogens with one attached hydrogen (secondary N) is 1. The lowest BCUT2D eigenvalue weighted by molar-refractivity contribution is -0.125. The Bertz CT molecular complexity index is 1490. The number of rotatable bonds is 7. The molecule has 0 saturated heterocycles. The van der Waals surface area contributed by atoms with Crippen LogP contribution >= 0.6 is 0 Å². The first-order valence-corrected chi connectivity index (χ1v) is 13.2. The van der Waals surface area contributed by atoms with Gasteiger partial charge in [-0.15, -0.1) is 0 Å². The molecule has 1 aliphatic rings. The molecule has 0 bridgehead atoms. The fourth-order valence-electron chi connectivity index (χ4n) is 5.21. The maximum atomic E-state index is 13.9. The van der Waals surface area contributed by atoms with Crippen LogP contribution in [0.2, 0.25) is 0 Å². The van der Waals surface area contributed by atoms with Gasteiger partial charge in [0, 0.05) is 23.6 Å². The number of nitriles is 1. The number of carbonyl (C=O) groups excluding carboxylic acids is 1. The van der Waals surface area contributed by atoms with Crippen LogP contribution in [-0.4, -0.2) is 21.7 Å². The minimum Gasteiger partial charge on any atom is -0.352 e. The first-order valence-electron chi connectivity index (χ1n) is 13.2. The number of benzene rings is 3. The fraction of sp³-hybridized carbons (Fsp3) is 0.250. The van der Waals surface area contributed by atoms with E-state index in [1.165, 1.54) is 11.1 Å². The van der Waals surface area contributed by atoms with Crippen LogP contribution in [0, 0.1) is 11.3 Å². The van der Waals surface area contributed by atoms with Gasteiger partial charge in [-0.05, 0) is 24.0 Å². The maximum Gasteiger partial charge on any atom is 0.286 e. The SMILES string of the molecule is N#Cc1c(-c2ccccc2)c(-c2ccccc2)nn(C(Cc2ccccc2)C(=O)NC2CCCCC2)c1=O. The lowest BCUT2D eigenvalue weighted by Crippen LogP contribution is -2.45. The van der Waals surface area contributed by atoms with Gasteiger partial charge in [-0.3, -0.25) is 9.59 Å². The monoisotopic (exact) mass is 502 g/mol. The largest absolute Gasteiger partial charge is 0.352 e. The lowest BCUT2D eigenvalue weighted by Gasteiger charge is -2.26. The molecule has 1 N–H and O–H groups in total. The predicted octanol–water partition coefficient (Wildman–Crippen LogP) is 5.68. The van der Waals surface area contributed by atoms with E-state index in [0.717, 1.165) is 42.4 Å². The zero-order chi connectivity index (χ0) is 26.3. The number of carbonyl (C=O) groups is 1. The van der Waals surface area contributed by atoms with E-state index in [0.29, 0.717) is 11.3 Å². The van der Waals surface area contributed by atoms with Gasteiger partial charge in [0.25, 0.3) is 5.56 Å². The molecule has 0 spiro atoms. The van der Waals surface area contributed by atoms with Gasteiger partial charge in [-0.1, -0.05) is 110 Å². The molecular formula is C32H30N4O2. The van der Waals surface area contributed by atoms with Crippen LogP contribution in [0.1, 0.15) is 49.3 Å². The van der Waals surface area contributed by atoms with E-state index in [4.69, 9.17) is 5.10 Å². The van der Waals surface area contributed by atoms with E-state index in [1.54, 1.807) is 0 Å². The Morgan fingerprint density at radius 1 is 0.895 bits per heavy atom. The molecule has 1 atom stereocenters. The molecule has 38 heavy (non-hydrogen) atoms. The number of amides is 1. The zero-order valence-electron chi connectivity index (χ0n) is 21.2. The minimum atomic E-state index is -0.897. The molecule has 4 aromatic rings. The number of nitrogens with zero attached hydrogens (tertiary/aromatic N) is 3. The summed E-state index contributed by atoms with van der Waals surface area (Å²) in [5.74, 6) is -0.245. The van der Waals surface area contributed by atoms with Crippen LogP contribution in [-0.2, 0) is 11.2 Å². The summed E-state index contributed by atoms with van der Waals surface area (Å²) >= 11 is 0. The van der Waals surface area contributed by atoms with Crippen molar-refractivity contribution < 1.29 is 4.79 Å². The Balaban J connectivity index is 1.69. The molecule has 1 aromatic heterocycles. The van der Waals surface area contributed by atoms with Gasteiger partial charge < -0.3 is 5.32 Å². The second-order valence-electron chi connectivity index (χ2n) is 9.74. The van der Waals surface area contributed by atoms with Crippen molar-refractivity contribution in [2.45, 2.75) is 50.6 Å². The molecule has 3 aromatic carbocycles. The third kappa shape index (κ3) is 5.42. The van der Waals surface area contributed by atoms with Gasteiger partial charge in [0.05, 0.1) is 0 Å². The molecule has 6 heteroatoms. The van der Waals surface area contributed by atoms with Gasteiger partial charge in [-0.25, -0.2) is 4.68 Å². The summed E-state index contributed by atoms with van der Waals surface area (Å²) in [5.41, 5.74) is 2.80. The van der Waals surface area contributed by atoms with Crippen molar-refractivity contribution in [1.82, 2.24) is 15.1 Å². The molecule has 0 aliphatic heterocycles. The summed E-state index contributed by atoms with van der Waals surface area (Å²) < 4.78 is 1.23. The van der Waals surface area contributed by atoms with Gasteiger partial charge in [0.1, 0.15) is 23.4 Å². The molecule has 5 rings (SSSR count). The number of hydrogen-bond acceptors (Lipinski definition) is 4. The van der Waals surface area contributed by atoms with Crippen molar-refractivity contribution >= 4 is 5.91 Å². The van der Waals surface area contributed by atoms with Crippen LogP contribution < -0.4 is 10.9 Å². The topological polar surface area (TPSA) is 87.8 Å². The summed E-state index contributed by atoms with van der Waals surface area (Å²) in [6, 6.07) is 29.8. The van der Waals surface area contributed by atoms with Crippen LogP contribution in [0.4, 0.5) is 0 Å². The molecule has 1 aliphatic carbocycles. The quantitative estimate of drug-likeness (QED) is 0.352. The van der Waals surface area contributed by atoms with Gasteiger partial charge in [0.15, 0.2) is 0 Å². The molecule has 1 heterocycles. The predicted molar refractivity (Wildman–Crippen MR) is 148 cm³/mol. The summed E-state index contributed by atoms with van der Waals surface area (Å²) in [4.78, 5) is 27.7. The minimum absolute atomic E-state index is 0.0198. The number of aromatic nitrogens is 2. The highest BCUT2D eigenvalue weighted by Gasteiger charge is 2.30. The van der Waals surface area contributed by atoms with Crippen LogP contribution in [0.3, 0.4) is 0 Å². The Labute approximate surface area is 222 Å². The smallest absolute Gasteiger partial charge is 0.286 e. The maximum absolute atomic E-state index is 13.9. The van der Waals surface area contributed by atoms with Crippen molar-refractivity contribution in [2.75, 3.05) is 0 Å². The highest BCUT2D eigenvalue weighted by atomic mass is 16.2. The van der Waals surface area contributed by atoms with Crippen molar-refractivity contribution in [3.8, 4) is 28.5 Å². The van der Waals surface area contributed by atoms with E-state index in [9.17, 15) is 14.9 Å². The average molecular weight is 503 g/mol.